The average molecular weight is 241 g/mol. The van der Waals surface area contributed by atoms with Crippen LogP contribution in [0.3, 0.4) is 0 Å². The second kappa shape index (κ2) is 4.95. The molecule has 2 rings (SSSR count). The first kappa shape index (κ1) is 11.6. The first-order valence-corrected chi connectivity index (χ1v) is 6.18. The first-order chi connectivity index (χ1) is 7.70. The molecule has 16 heavy (non-hydrogen) atoms. The van der Waals surface area contributed by atoms with Crippen LogP contribution in [0.5, 0.6) is 0 Å². The fourth-order valence-electron chi connectivity index (χ4n) is 1.68. The normalized spacial score (nSPS) is 25.6. The topological polar surface area (TPSA) is 58.6 Å². The Hall–Kier alpha value is -0.910. The summed E-state index contributed by atoms with van der Waals surface area (Å²) in [6.45, 7) is 2.93. The van der Waals surface area contributed by atoms with Crippen LogP contribution in [0.25, 0.3) is 0 Å². The Morgan fingerprint density at radius 3 is 3.00 bits per heavy atom. The second-order valence-corrected chi connectivity index (χ2v) is 4.98. The monoisotopic (exact) mass is 241 g/mol. The number of rotatable bonds is 3. The number of carboxylic acid groups (broad SMARTS) is 1. The van der Waals surface area contributed by atoms with Crippen molar-refractivity contribution in [1.82, 2.24) is 5.32 Å². The highest BCUT2D eigenvalue weighted by atomic mass is 32.1. The average Bonchev–Trinajstić information content (AvgIpc) is 2.77. The standard InChI is InChI=1S/C11H15NO3S/c1-2-7-3-4-10(16-7)9-5-12-8(6-15-9)11(13)14/h3-4,8-9,12H,2,5-6H2,1H3,(H,13,14). The molecule has 2 unspecified atom stereocenters. The molecule has 2 N–H and O–H groups in total. The summed E-state index contributed by atoms with van der Waals surface area (Å²) in [4.78, 5) is 13.2. The summed E-state index contributed by atoms with van der Waals surface area (Å²) in [6, 6.07) is 3.60. The lowest BCUT2D eigenvalue weighted by atomic mass is 10.2. The summed E-state index contributed by atoms with van der Waals surface area (Å²) >= 11 is 1.74. The van der Waals surface area contributed by atoms with Crippen molar-refractivity contribution in [3.63, 3.8) is 0 Å². The smallest absolute Gasteiger partial charge is 0.323 e. The van der Waals surface area contributed by atoms with Crippen molar-refractivity contribution >= 4 is 17.3 Å². The maximum Gasteiger partial charge on any atom is 0.323 e. The van der Waals surface area contributed by atoms with E-state index in [9.17, 15) is 4.79 Å². The molecule has 1 aromatic heterocycles. The predicted octanol–water partition coefficient (Wildman–Crippen LogP) is 1.42. The van der Waals surface area contributed by atoms with Crippen molar-refractivity contribution in [2.75, 3.05) is 13.2 Å². The van der Waals surface area contributed by atoms with Crippen LogP contribution in [0.4, 0.5) is 0 Å². The third-order valence-corrected chi connectivity index (χ3v) is 3.98. The largest absolute Gasteiger partial charge is 0.480 e. The Morgan fingerprint density at radius 1 is 1.69 bits per heavy atom. The van der Waals surface area contributed by atoms with Gasteiger partial charge in [-0.05, 0) is 18.6 Å². The van der Waals surface area contributed by atoms with Crippen LogP contribution in [0, 0.1) is 0 Å². The second-order valence-electron chi connectivity index (χ2n) is 3.78. The predicted molar refractivity (Wildman–Crippen MR) is 61.8 cm³/mol. The van der Waals surface area contributed by atoms with Crippen molar-refractivity contribution < 1.29 is 14.6 Å². The van der Waals surface area contributed by atoms with Crippen molar-refractivity contribution in [2.24, 2.45) is 0 Å². The molecule has 1 aliphatic rings. The minimum atomic E-state index is -0.848. The molecule has 0 aliphatic carbocycles. The van der Waals surface area contributed by atoms with Gasteiger partial charge < -0.3 is 9.84 Å². The molecular weight excluding hydrogens is 226 g/mol. The number of hydrogen-bond acceptors (Lipinski definition) is 4. The highest BCUT2D eigenvalue weighted by Crippen LogP contribution is 2.27. The summed E-state index contributed by atoms with van der Waals surface area (Å²) < 4.78 is 5.56. The number of thiophene rings is 1. The van der Waals surface area contributed by atoms with Crippen molar-refractivity contribution in [2.45, 2.75) is 25.5 Å². The lowest BCUT2D eigenvalue weighted by Gasteiger charge is -2.27. The van der Waals surface area contributed by atoms with Gasteiger partial charge in [-0.2, -0.15) is 0 Å². The number of nitrogens with one attached hydrogen (secondary N) is 1. The van der Waals surface area contributed by atoms with Gasteiger partial charge in [0.15, 0.2) is 0 Å². The molecular formula is C11H15NO3S. The summed E-state index contributed by atoms with van der Waals surface area (Å²) in [5.74, 6) is -0.848. The molecule has 2 atom stereocenters. The Morgan fingerprint density at radius 2 is 2.50 bits per heavy atom. The van der Waals surface area contributed by atoms with Crippen LogP contribution in [-0.4, -0.2) is 30.3 Å². The number of carbonyl (C=O) groups is 1. The molecule has 0 amide bonds. The molecule has 0 aromatic carbocycles. The van der Waals surface area contributed by atoms with Crippen LogP contribution in [0.2, 0.25) is 0 Å². The van der Waals surface area contributed by atoms with E-state index in [4.69, 9.17) is 9.84 Å². The molecule has 0 saturated carbocycles. The van der Waals surface area contributed by atoms with Gasteiger partial charge in [-0.3, -0.25) is 10.1 Å². The third-order valence-electron chi connectivity index (χ3n) is 2.66. The zero-order valence-electron chi connectivity index (χ0n) is 9.10. The van der Waals surface area contributed by atoms with E-state index in [1.807, 2.05) is 0 Å². The fourth-order valence-corrected chi connectivity index (χ4v) is 2.68. The molecule has 0 spiro atoms. The van der Waals surface area contributed by atoms with Gasteiger partial charge in [-0.15, -0.1) is 11.3 Å². The highest BCUT2D eigenvalue weighted by molar-refractivity contribution is 7.12. The van der Waals surface area contributed by atoms with Gasteiger partial charge >= 0.3 is 5.97 Å². The van der Waals surface area contributed by atoms with Crippen LogP contribution >= 0.6 is 11.3 Å². The van der Waals surface area contributed by atoms with Crippen LogP contribution in [0.1, 0.15) is 22.8 Å². The van der Waals surface area contributed by atoms with Crippen LogP contribution in [0.15, 0.2) is 12.1 Å². The summed E-state index contributed by atoms with van der Waals surface area (Å²) in [6.07, 6.45) is 1.03. The number of carboxylic acids is 1. The number of aliphatic carboxylic acids is 1. The highest BCUT2D eigenvalue weighted by Gasteiger charge is 2.27. The number of aryl methyl sites for hydroxylation is 1. The van der Waals surface area contributed by atoms with Gasteiger partial charge in [0.05, 0.1) is 6.61 Å². The molecule has 2 heterocycles. The van der Waals surface area contributed by atoms with E-state index in [-0.39, 0.29) is 12.7 Å². The maximum atomic E-state index is 10.7. The lowest BCUT2D eigenvalue weighted by molar-refractivity contribution is -0.144. The van der Waals surface area contributed by atoms with Crippen LogP contribution in [-0.2, 0) is 16.0 Å². The maximum absolute atomic E-state index is 10.7. The number of ether oxygens (including phenoxy) is 1. The zero-order chi connectivity index (χ0) is 11.5. The number of hydrogen-bond donors (Lipinski definition) is 2. The summed E-state index contributed by atoms with van der Waals surface area (Å²) in [5, 5.41) is 11.8. The summed E-state index contributed by atoms with van der Waals surface area (Å²) in [7, 11) is 0. The lowest BCUT2D eigenvalue weighted by Crippen LogP contribution is -2.47. The van der Waals surface area contributed by atoms with E-state index in [1.54, 1.807) is 11.3 Å². The molecule has 0 bridgehead atoms. The Labute approximate surface area is 98.2 Å². The molecule has 0 radical (unpaired) electrons. The van der Waals surface area contributed by atoms with Crippen molar-refractivity contribution in [1.29, 1.82) is 0 Å². The van der Waals surface area contributed by atoms with E-state index in [0.717, 1.165) is 6.42 Å². The van der Waals surface area contributed by atoms with Crippen molar-refractivity contribution in [3.05, 3.63) is 21.9 Å². The molecule has 1 saturated heterocycles. The van der Waals surface area contributed by atoms with E-state index in [1.165, 1.54) is 9.75 Å². The molecule has 1 aliphatic heterocycles. The SMILES string of the molecule is CCc1ccc(C2CNC(C(=O)O)CO2)s1. The van der Waals surface area contributed by atoms with Gasteiger partial charge in [0.2, 0.25) is 0 Å². The minimum absolute atomic E-state index is 0.000833. The Kier molecular flexibility index (Phi) is 3.58. The van der Waals surface area contributed by atoms with Gasteiger partial charge in [-0.1, -0.05) is 6.92 Å². The Bertz CT molecular complexity index is 369. The molecule has 1 aromatic rings. The first-order valence-electron chi connectivity index (χ1n) is 5.37. The van der Waals surface area contributed by atoms with Crippen LogP contribution < -0.4 is 5.32 Å². The van der Waals surface area contributed by atoms with Gasteiger partial charge in [0.25, 0.3) is 0 Å². The zero-order valence-corrected chi connectivity index (χ0v) is 9.92. The van der Waals surface area contributed by atoms with E-state index < -0.39 is 12.0 Å². The van der Waals surface area contributed by atoms with Gasteiger partial charge in [-0.25, -0.2) is 0 Å². The molecule has 1 fully saturated rings. The Balaban J connectivity index is 1.96. The molecule has 88 valence electrons. The quantitative estimate of drug-likeness (QED) is 0.840. The van der Waals surface area contributed by atoms with E-state index >= 15 is 0 Å². The van der Waals surface area contributed by atoms with Gasteiger partial charge in [0.1, 0.15) is 12.1 Å². The van der Waals surface area contributed by atoms with E-state index in [0.29, 0.717) is 6.54 Å². The van der Waals surface area contributed by atoms with E-state index in [2.05, 4.69) is 24.4 Å². The molecule has 5 heteroatoms. The number of morpholine rings is 1. The molecule has 4 nitrogen and oxygen atoms in total. The third kappa shape index (κ3) is 2.42. The van der Waals surface area contributed by atoms with Gasteiger partial charge in [0, 0.05) is 16.3 Å². The minimum Gasteiger partial charge on any atom is -0.480 e. The fraction of sp³-hybridized carbons (Fsp3) is 0.545. The summed E-state index contributed by atoms with van der Waals surface area (Å²) in [5.41, 5.74) is 0. The van der Waals surface area contributed by atoms with Crippen molar-refractivity contribution in [3.8, 4) is 0 Å².